The van der Waals surface area contributed by atoms with Gasteiger partial charge in [-0.3, -0.25) is 4.79 Å². The van der Waals surface area contributed by atoms with Gasteiger partial charge in [0.1, 0.15) is 23.5 Å². The Balaban J connectivity index is 1.95. The van der Waals surface area contributed by atoms with E-state index in [1.165, 1.54) is 28.8 Å². The second-order valence-corrected chi connectivity index (χ2v) is 10.3. The Morgan fingerprint density at radius 1 is 1.05 bits per heavy atom. The Bertz CT molecular complexity index is 1580. The number of carboxylic acids is 1. The summed E-state index contributed by atoms with van der Waals surface area (Å²) in [5.74, 6) is -2.16. The lowest BCUT2D eigenvalue weighted by atomic mass is 9.99. The molecular weight excluding hydrogens is 570 g/mol. The Kier molecular flexibility index (Phi) is 8.32. The van der Waals surface area contributed by atoms with Crippen LogP contribution in [-0.2, 0) is 15.8 Å². The first-order chi connectivity index (χ1) is 18.8. The summed E-state index contributed by atoms with van der Waals surface area (Å²) in [6.07, 6.45) is -4.28. The number of rotatable bonds is 8. The number of amides is 1. The second kappa shape index (κ2) is 11.4. The average molecular weight is 594 g/mol. The minimum absolute atomic E-state index is 0.0238. The molecule has 1 amide bonds. The minimum atomic E-state index is -4.51. The topological polar surface area (TPSA) is 104 Å². The van der Waals surface area contributed by atoms with E-state index in [9.17, 15) is 33.0 Å². The molecule has 0 aliphatic rings. The number of phenolic OH excluding ortho intramolecular Hbond substituents is 1. The zero-order chi connectivity index (χ0) is 29.4. The van der Waals surface area contributed by atoms with Gasteiger partial charge in [0.25, 0.3) is 0 Å². The standard InChI is InChI=1S/C28H24Cl2F3N3O4/c1-14(2)9-23(27(39)40)36-22-8-7-18(34-24(37)13-29)12-21(22)35-26(36)19-10-16(11-20(30)25(19)38)15-3-5-17(6-4-15)28(31,32)33/h3-8,10-12,14,23,38H,9,13H2,1-2H3,(H,34,37)(H,39,40). The number of nitrogens with zero attached hydrogens (tertiary/aromatic N) is 2. The maximum Gasteiger partial charge on any atom is 0.416 e. The van der Waals surface area contributed by atoms with Gasteiger partial charge >= 0.3 is 12.1 Å². The first-order valence-corrected chi connectivity index (χ1v) is 13.0. The maximum absolute atomic E-state index is 13.1. The SMILES string of the molecule is CC(C)CC(C(=O)O)n1c(-c2cc(-c3ccc(C(F)(F)F)cc3)cc(Cl)c2O)nc2cc(NC(=O)CCl)ccc21. The third-order valence-electron chi connectivity index (χ3n) is 6.24. The summed E-state index contributed by atoms with van der Waals surface area (Å²) >= 11 is 11.9. The fourth-order valence-electron chi connectivity index (χ4n) is 4.43. The molecule has 3 aromatic carbocycles. The zero-order valence-electron chi connectivity index (χ0n) is 21.3. The van der Waals surface area contributed by atoms with Crippen LogP contribution in [0.1, 0.15) is 31.9 Å². The second-order valence-electron chi connectivity index (χ2n) is 9.60. The molecule has 1 aromatic heterocycles. The number of aromatic nitrogens is 2. The molecule has 0 saturated carbocycles. The molecule has 0 aliphatic carbocycles. The van der Waals surface area contributed by atoms with Crippen LogP contribution >= 0.6 is 23.2 Å². The van der Waals surface area contributed by atoms with Crippen LogP contribution < -0.4 is 5.32 Å². The highest BCUT2D eigenvalue weighted by molar-refractivity contribution is 6.33. The first-order valence-electron chi connectivity index (χ1n) is 12.1. The van der Waals surface area contributed by atoms with E-state index in [0.717, 1.165) is 12.1 Å². The van der Waals surface area contributed by atoms with Crippen LogP contribution in [0.3, 0.4) is 0 Å². The van der Waals surface area contributed by atoms with Crippen molar-refractivity contribution in [1.29, 1.82) is 0 Å². The van der Waals surface area contributed by atoms with Gasteiger partial charge in [0.2, 0.25) is 5.91 Å². The summed E-state index contributed by atoms with van der Waals surface area (Å²) in [6.45, 7) is 3.74. The molecule has 7 nitrogen and oxygen atoms in total. The van der Waals surface area contributed by atoms with Crippen LogP contribution in [0.25, 0.3) is 33.5 Å². The Morgan fingerprint density at radius 2 is 1.73 bits per heavy atom. The van der Waals surface area contributed by atoms with E-state index in [2.05, 4.69) is 10.3 Å². The zero-order valence-corrected chi connectivity index (χ0v) is 22.8. The molecule has 40 heavy (non-hydrogen) atoms. The van der Waals surface area contributed by atoms with Gasteiger partial charge in [-0.15, -0.1) is 11.6 Å². The van der Waals surface area contributed by atoms with Crippen LogP contribution in [-0.4, -0.2) is 37.5 Å². The lowest BCUT2D eigenvalue weighted by molar-refractivity contribution is -0.141. The molecule has 1 atom stereocenters. The Hall–Kier alpha value is -3.76. The van der Waals surface area contributed by atoms with Crippen molar-refractivity contribution in [2.75, 3.05) is 11.2 Å². The smallest absolute Gasteiger partial charge is 0.416 e. The van der Waals surface area contributed by atoms with Gasteiger partial charge < -0.3 is 20.1 Å². The summed E-state index contributed by atoms with van der Waals surface area (Å²) in [4.78, 5) is 28.9. The summed E-state index contributed by atoms with van der Waals surface area (Å²) in [6, 6.07) is 11.0. The van der Waals surface area contributed by atoms with Crippen molar-refractivity contribution in [1.82, 2.24) is 9.55 Å². The molecule has 12 heteroatoms. The molecule has 4 rings (SSSR count). The van der Waals surface area contributed by atoms with Crippen molar-refractivity contribution in [2.45, 2.75) is 32.5 Å². The molecule has 0 bridgehead atoms. The number of imidazole rings is 1. The third kappa shape index (κ3) is 6.03. The predicted octanol–water partition coefficient (Wildman–Crippen LogP) is 7.60. The number of carbonyl (C=O) groups excluding carboxylic acids is 1. The number of hydrogen-bond donors (Lipinski definition) is 3. The molecule has 0 aliphatic heterocycles. The number of alkyl halides is 4. The lowest BCUT2D eigenvalue weighted by Crippen LogP contribution is -2.21. The van der Waals surface area contributed by atoms with Gasteiger partial charge in [0.05, 0.1) is 27.2 Å². The average Bonchev–Trinajstić information content (AvgIpc) is 3.26. The van der Waals surface area contributed by atoms with Gasteiger partial charge in [-0.1, -0.05) is 37.6 Å². The number of nitrogens with one attached hydrogen (secondary N) is 1. The molecule has 210 valence electrons. The van der Waals surface area contributed by atoms with Gasteiger partial charge in [-0.2, -0.15) is 13.2 Å². The van der Waals surface area contributed by atoms with Gasteiger partial charge in [0, 0.05) is 5.69 Å². The van der Waals surface area contributed by atoms with Crippen LogP contribution in [0.15, 0.2) is 54.6 Å². The quantitative estimate of drug-likeness (QED) is 0.182. The molecule has 0 spiro atoms. The monoisotopic (exact) mass is 593 g/mol. The molecule has 0 radical (unpaired) electrons. The number of carbonyl (C=O) groups is 2. The van der Waals surface area contributed by atoms with E-state index in [4.69, 9.17) is 23.2 Å². The Morgan fingerprint density at radius 3 is 2.30 bits per heavy atom. The number of fused-ring (bicyclic) bond motifs is 1. The molecule has 1 heterocycles. The first kappa shape index (κ1) is 29.2. The lowest BCUT2D eigenvalue weighted by Gasteiger charge is -2.21. The van der Waals surface area contributed by atoms with E-state index in [1.807, 2.05) is 13.8 Å². The van der Waals surface area contributed by atoms with Gasteiger partial charge in [-0.05, 0) is 65.9 Å². The largest absolute Gasteiger partial charge is 0.506 e. The van der Waals surface area contributed by atoms with E-state index in [-0.39, 0.29) is 40.4 Å². The summed E-state index contributed by atoms with van der Waals surface area (Å²) in [5.41, 5.74) is 1.16. The highest BCUT2D eigenvalue weighted by Crippen LogP contribution is 2.42. The number of halogens is 5. The summed E-state index contributed by atoms with van der Waals surface area (Å²) < 4.78 is 40.7. The number of phenols is 1. The molecular formula is C28H24Cl2F3N3O4. The van der Waals surface area contributed by atoms with E-state index in [0.29, 0.717) is 27.8 Å². The highest BCUT2D eigenvalue weighted by Gasteiger charge is 2.31. The number of anilines is 1. The molecule has 0 fully saturated rings. The minimum Gasteiger partial charge on any atom is -0.506 e. The van der Waals surface area contributed by atoms with Crippen LogP contribution in [0.2, 0.25) is 5.02 Å². The molecule has 1 unspecified atom stereocenters. The van der Waals surface area contributed by atoms with Crippen molar-refractivity contribution >= 4 is 51.8 Å². The van der Waals surface area contributed by atoms with Crippen molar-refractivity contribution < 1.29 is 33.0 Å². The number of aromatic hydroxyl groups is 1. The Labute approximate surface area is 237 Å². The van der Waals surface area contributed by atoms with Crippen LogP contribution in [0, 0.1) is 5.92 Å². The molecule has 3 N–H and O–H groups in total. The van der Waals surface area contributed by atoms with E-state index >= 15 is 0 Å². The van der Waals surface area contributed by atoms with Crippen LogP contribution in [0.5, 0.6) is 5.75 Å². The number of aliphatic carboxylic acids is 1. The van der Waals surface area contributed by atoms with Gasteiger partial charge in [0.15, 0.2) is 0 Å². The van der Waals surface area contributed by atoms with E-state index < -0.39 is 29.7 Å². The third-order valence-corrected chi connectivity index (χ3v) is 6.77. The molecule has 4 aromatic rings. The van der Waals surface area contributed by atoms with Crippen LogP contribution in [0.4, 0.5) is 18.9 Å². The summed E-state index contributed by atoms with van der Waals surface area (Å²) in [7, 11) is 0. The normalized spacial score (nSPS) is 12.6. The highest BCUT2D eigenvalue weighted by atomic mass is 35.5. The fraction of sp³-hybridized carbons (Fsp3) is 0.250. The number of carboxylic acid groups (broad SMARTS) is 1. The van der Waals surface area contributed by atoms with Crippen molar-refractivity contribution in [3.05, 3.63) is 65.2 Å². The van der Waals surface area contributed by atoms with Gasteiger partial charge in [-0.25, -0.2) is 9.78 Å². The predicted molar refractivity (Wildman–Crippen MR) is 148 cm³/mol. The fourth-order valence-corrected chi connectivity index (χ4v) is 4.71. The number of benzene rings is 3. The number of hydrogen-bond acceptors (Lipinski definition) is 4. The van der Waals surface area contributed by atoms with Crippen molar-refractivity contribution in [3.63, 3.8) is 0 Å². The molecule has 0 saturated heterocycles. The van der Waals surface area contributed by atoms with Crippen molar-refractivity contribution in [2.24, 2.45) is 5.92 Å². The van der Waals surface area contributed by atoms with E-state index in [1.54, 1.807) is 18.2 Å². The maximum atomic E-state index is 13.1. The summed E-state index contributed by atoms with van der Waals surface area (Å²) in [5, 5.41) is 23.7. The van der Waals surface area contributed by atoms with Crippen molar-refractivity contribution in [3.8, 4) is 28.3 Å².